The molecule has 7 heteroatoms. The standard InChI is InChI=1S/C13H16N2O4S/c1-3-19-11-7-10-9(6-12(11)20(2,16)17)14-13-8-18-5-4-15(10)13/h6-7H,3-5,8H2,1-2H3. The lowest BCUT2D eigenvalue weighted by atomic mass is 10.3. The second kappa shape index (κ2) is 4.75. The summed E-state index contributed by atoms with van der Waals surface area (Å²) < 4.78 is 36.6. The Balaban J connectivity index is 2.27. The van der Waals surface area contributed by atoms with Crippen molar-refractivity contribution >= 4 is 20.9 Å². The third-order valence-electron chi connectivity index (χ3n) is 3.28. The van der Waals surface area contributed by atoms with Crippen LogP contribution in [0, 0.1) is 0 Å². The fourth-order valence-corrected chi connectivity index (χ4v) is 3.23. The molecule has 0 atom stereocenters. The lowest BCUT2D eigenvalue weighted by molar-refractivity contribution is 0.0830. The van der Waals surface area contributed by atoms with Crippen molar-refractivity contribution in [3.63, 3.8) is 0 Å². The first-order valence-corrected chi connectivity index (χ1v) is 8.33. The van der Waals surface area contributed by atoms with Crippen LogP contribution in [0.15, 0.2) is 17.0 Å². The van der Waals surface area contributed by atoms with E-state index in [4.69, 9.17) is 9.47 Å². The lowest BCUT2D eigenvalue weighted by Crippen LogP contribution is -2.16. The Morgan fingerprint density at radius 1 is 1.45 bits per heavy atom. The SMILES string of the molecule is CCOc1cc2c(cc1S(C)(=O)=O)nc1n2CCOC1. The molecule has 1 aromatic heterocycles. The molecule has 0 unspecified atom stereocenters. The van der Waals surface area contributed by atoms with E-state index in [2.05, 4.69) is 4.98 Å². The Morgan fingerprint density at radius 3 is 2.95 bits per heavy atom. The molecule has 0 N–H and O–H groups in total. The van der Waals surface area contributed by atoms with Gasteiger partial charge in [-0.05, 0) is 13.0 Å². The molecule has 6 nitrogen and oxygen atoms in total. The first-order valence-electron chi connectivity index (χ1n) is 6.44. The minimum atomic E-state index is -3.35. The highest BCUT2D eigenvalue weighted by Gasteiger charge is 2.21. The van der Waals surface area contributed by atoms with Gasteiger partial charge in [-0.25, -0.2) is 13.4 Å². The van der Waals surface area contributed by atoms with Crippen LogP contribution in [0.2, 0.25) is 0 Å². The van der Waals surface area contributed by atoms with E-state index in [1.54, 1.807) is 12.1 Å². The Labute approximate surface area is 117 Å². The normalized spacial score (nSPS) is 15.3. The molecule has 0 aliphatic carbocycles. The average Bonchev–Trinajstić information content (AvgIpc) is 2.75. The van der Waals surface area contributed by atoms with Gasteiger partial charge in [-0.3, -0.25) is 0 Å². The molecule has 2 aromatic rings. The molecule has 3 rings (SSSR count). The highest BCUT2D eigenvalue weighted by molar-refractivity contribution is 7.90. The summed E-state index contributed by atoms with van der Waals surface area (Å²) in [5.41, 5.74) is 1.55. The van der Waals surface area contributed by atoms with Gasteiger partial charge in [-0.1, -0.05) is 0 Å². The fraction of sp³-hybridized carbons (Fsp3) is 0.462. The van der Waals surface area contributed by atoms with Gasteiger partial charge in [0.1, 0.15) is 23.1 Å². The van der Waals surface area contributed by atoms with E-state index in [0.717, 1.165) is 17.9 Å². The van der Waals surface area contributed by atoms with Gasteiger partial charge in [0.05, 0.1) is 24.2 Å². The van der Waals surface area contributed by atoms with Crippen LogP contribution in [0.3, 0.4) is 0 Å². The van der Waals surface area contributed by atoms with E-state index in [-0.39, 0.29) is 4.90 Å². The molecular formula is C13H16N2O4S. The summed E-state index contributed by atoms with van der Waals surface area (Å²) in [5, 5.41) is 0. The van der Waals surface area contributed by atoms with Crippen LogP contribution in [0.5, 0.6) is 5.75 Å². The average molecular weight is 296 g/mol. The van der Waals surface area contributed by atoms with Crippen molar-refractivity contribution in [2.45, 2.75) is 25.0 Å². The number of hydrogen-bond acceptors (Lipinski definition) is 5. The summed E-state index contributed by atoms with van der Waals surface area (Å²) in [6.07, 6.45) is 1.18. The summed E-state index contributed by atoms with van der Waals surface area (Å²) in [7, 11) is -3.35. The van der Waals surface area contributed by atoms with Crippen LogP contribution in [0.25, 0.3) is 11.0 Å². The summed E-state index contributed by atoms with van der Waals surface area (Å²) in [6.45, 7) is 4.05. The van der Waals surface area contributed by atoms with Crippen molar-refractivity contribution < 1.29 is 17.9 Å². The quantitative estimate of drug-likeness (QED) is 0.855. The summed E-state index contributed by atoms with van der Waals surface area (Å²) in [6, 6.07) is 3.35. The van der Waals surface area contributed by atoms with Crippen LogP contribution >= 0.6 is 0 Å². The molecule has 0 saturated heterocycles. The summed E-state index contributed by atoms with van der Waals surface area (Å²) in [5.74, 6) is 1.20. The van der Waals surface area contributed by atoms with Gasteiger partial charge >= 0.3 is 0 Å². The Kier molecular flexibility index (Phi) is 3.18. The van der Waals surface area contributed by atoms with Crippen molar-refractivity contribution in [3.8, 4) is 5.75 Å². The lowest BCUT2D eigenvalue weighted by Gasteiger charge is -2.15. The monoisotopic (exact) mass is 296 g/mol. The van der Waals surface area contributed by atoms with Gasteiger partial charge < -0.3 is 14.0 Å². The van der Waals surface area contributed by atoms with Crippen LogP contribution in [-0.2, 0) is 27.7 Å². The van der Waals surface area contributed by atoms with E-state index in [0.29, 0.717) is 31.1 Å². The zero-order valence-corrected chi connectivity index (χ0v) is 12.2. The molecule has 0 amide bonds. The van der Waals surface area contributed by atoms with Crippen molar-refractivity contribution in [3.05, 3.63) is 18.0 Å². The van der Waals surface area contributed by atoms with E-state index in [1.165, 1.54) is 6.26 Å². The van der Waals surface area contributed by atoms with Crippen molar-refractivity contribution in [1.82, 2.24) is 9.55 Å². The molecule has 20 heavy (non-hydrogen) atoms. The van der Waals surface area contributed by atoms with Gasteiger partial charge in [0.2, 0.25) is 0 Å². The topological polar surface area (TPSA) is 70.4 Å². The van der Waals surface area contributed by atoms with E-state index in [1.807, 2.05) is 11.5 Å². The first-order chi connectivity index (χ1) is 9.50. The number of imidazole rings is 1. The third kappa shape index (κ3) is 2.16. The van der Waals surface area contributed by atoms with Crippen LogP contribution in [0.1, 0.15) is 12.7 Å². The Bertz CT molecular complexity index is 764. The first kappa shape index (κ1) is 13.4. The molecular weight excluding hydrogens is 280 g/mol. The number of rotatable bonds is 3. The Hall–Kier alpha value is -1.60. The van der Waals surface area contributed by atoms with Gasteiger partial charge in [0, 0.05) is 18.9 Å². The number of ether oxygens (including phenoxy) is 2. The van der Waals surface area contributed by atoms with E-state index >= 15 is 0 Å². The maximum Gasteiger partial charge on any atom is 0.179 e. The van der Waals surface area contributed by atoms with Crippen molar-refractivity contribution in [2.75, 3.05) is 19.5 Å². The van der Waals surface area contributed by atoms with Crippen LogP contribution < -0.4 is 4.74 Å². The second-order valence-electron chi connectivity index (χ2n) is 4.73. The van der Waals surface area contributed by atoms with Crippen molar-refractivity contribution in [2.24, 2.45) is 0 Å². The molecule has 1 aliphatic heterocycles. The third-order valence-corrected chi connectivity index (χ3v) is 4.40. The van der Waals surface area contributed by atoms with Gasteiger partial charge in [0.15, 0.2) is 9.84 Å². The predicted octanol–water partition coefficient (Wildman–Crippen LogP) is 1.37. The number of hydrogen-bond donors (Lipinski definition) is 0. The van der Waals surface area contributed by atoms with Crippen LogP contribution in [-0.4, -0.2) is 37.4 Å². The number of sulfone groups is 1. The maximum atomic E-state index is 11.9. The summed E-state index contributed by atoms with van der Waals surface area (Å²) in [4.78, 5) is 4.63. The predicted molar refractivity (Wildman–Crippen MR) is 73.7 cm³/mol. The zero-order chi connectivity index (χ0) is 14.3. The highest BCUT2D eigenvalue weighted by Crippen LogP contribution is 2.31. The molecule has 0 bridgehead atoms. The summed E-state index contributed by atoms with van der Waals surface area (Å²) >= 11 is 0. The number of fused-ring (bicyclic) bond motifs is 3. The molecule has 0 radical (unpaired) electrons. The number of nitrogens with zero attached hydrogens (tertiary/aromatic N) is 2. The molecule has 108 valence electrons. The number of aromatic nitrogens is 2. The zero-order valence-electron chi connectivity index (χ0n) is 11.4. The maximum absolute atomic E-state index is 11.9. The smallest absolute Gasteiger partial charge is 0.179 e. The van der Waals surface area contributed by atoms with E-state index in [9.17, 15) is 8.42 Å². The Morgan fingerprint density at radius 2 is 2.25 bits per heavy atom. The molecule has 0 saturated carbocycles. The molecule has 0 fully saturated rings. The van der Waals surface area contributed by atoms with Crippen LogP contribution in [0.4, 0.5) is 0 Å². The molecule has 1 aliphatic rings. The molecule has 0 spiro atoms. The highest BCUT2D eigenvalue weighted by atomic mass is 32.2. The molecule has 2 heterocycles. The molecule has 1 aromatic carbocycles. The minimum absolute atomic E-state index is 0.184. The van der Waals surface area contributed by atoms with Gasteiger partial charge in [-0.15, -0.1) is 0 Å². The van der Waals surface area contributed by atoms with Gasteiger partial charge in [0.25, 0.3) is 0 Å². The largest absolute Gasteiger partial charge is 0.492 e. The van der Waals surface area contributed by atoms with Crippen molar-refractivity contribution in [1.29, 1.82) is 0 Å². The fourth-order valence-electron chi connectivity index (χ4n) is 2.42. The van der Waals surface area contributed by atoms with E-state index < -0.39 is 9.84 Å². The second-order valence-corrected chi connectivity index (χ2v) is 6.71. The minimum Gasteiger partial charge on any atom is -0.492 e. The van der Waals surface area contributed by atoms with Gasteiger partial charge in [-0.2, -0.15) is 0 Å². The number of benzene rings is 1.